The number of rotatable bonds is 4. The third-order valence-corrected chi connectivity index (χ3v) is 6.30. The first-order chi connectivity index (χ1) is 13.8. The van der Waals surface area contributed by atoms with E-state index in [4.69, 9.17) is 5.14 Å². The summed E-state index contributed by atoms with van der Waals surface area (Å²) in [6, 6.07) is 13.1. The number of hydrogen-bond acceptors (Lipinski definition) is 4. The highest BCUT2D eigenvalue weighted by atomic mass is 127. The van der Waals surface area contributed by atoms with Crippen LogP contribution in [-0.4, -0.2) is 52.5 Å². The first-order valence-corrected chi connectivity index (χ1v) is 11.2. The fourth-order valence-corrected chi connectivity index (χ4v) is 4.17. The van der Waals surface area contributed by atoms with E-state index in [0.717, 1.165) is 37.7 Å². The highest BCUT2D eigenvalue weighted by molar-refractivity contribution is 14.0. The van der Waals surface area contributed by atoms with E-state index in [1.54, 1.807) is 19.2 Å². The maximum atomic E-state index is 11.5. The minimum atomic E-state index is -3.70. The normalized spacial score (nSPS) is 15.0. The molecule has 0 bridgehead atoms. The summed E-state index contributed by atoms with van der Waals surface area (Å²) in [6.45, 7) is 8.37. The van der Waals surface area contributed by atoms with Crippen LogP contribution >= 0.6 is 24.0 Å². The van der Waals surface area contributed by atoms with E-state index in [0.29, 0.717) is 6.54 Å². The molecule has 2 aromatic rings. The molecule has 0 aliphatic carbocycles. The van der Waals surface area contributed by atoms with Gasteiger partial charge in [0.25, 0.3) is 0 Å². The van der Waals surface area contributed by atoms with Crippen molar-refractivity contribution in [3.8, 4) is 0 Å². The highest BCUT2D eigenvalue weighted by Gasteiger charge is 2.21. The van der Waals surface area contributed by atoms with Gasteiger partial charge >= 0.3 is 0 Å². The number of aliphatic imine (C=N–C) groups is 1. The highest BCUT2D eigenvalue weighted by Crippen LogP contribution is 2.23. The average molecular weight is 543 g/mol. The molecule has 0 unspecified atom stereocenters. The maximum absolute atomic E-state index is 11.5. The Kier molecular flexibility index (Phi) is 8.51. The molecule has 30 heavy (non-hydrogen) atoms. The second-order valence-corrected chi connectivity index (χ2v) is 8.85. The number of sulfonamides is 1. The molecule has 0 atom stereocenters. The van der Waals surface area contributed by atoms with Crippen molar-refractivity contribution in [2.75, 3.05) is 38.1 Å². The molecule has 3 rings (SSSR count). The summed E-state index contributed by atoms with van der Waals surface area (Å²) in [4.78, 5) is 9.16. The number of benzene rings is 2. The predicted octanol–water partition coefficient (Wildman–Crippen LogP) is 2.47. The zero-order valence-electron chi connectivity index (χ0n) is 17.6. The Balaban J connectivity index is 0.00000320. The summed E-state index contributed by atoms with van der Waals surface area (Å²) in [5.41, 5.74) is 4.78. The standard InChI is InChI=1S/C21H29N5O2S.HI/c1-16-6-4-9-20(17(16)2)25-10-12-26(13-11-25)21(23-3)24-15-18-7-5-8-19(14-18)29(22,27)28;/h4-9,14H,10-13,15H2,1-3H3,(H,23,24)(H2,22,27,28);1H. The van der Waals surface area contributed by atoms with Gasteiger partial charge in [-0.25, -0.2) is 13.6 Å². The van der Waals surface area contributed by atoms with E-state index in [-0.39, 0.29) is 28.9 Å². The van der Waals surface area contributed by atoms with Crippen molar-refractivity contribution in [2.45, 2.75) is 25.3 Å². The third kappa shape index (κ3) is 5.86. The molecule has 0 aromatic heterocycles. The molecule has 0 amide bonds. The molecule has 7 nitrogen and oxygen atoms in total. The van der Waals surface area contributed by atoms with Crippen LogP contribution in [0.15, 0.2) is 52.4 Å². The largest absolute Gasteiger partial charge is 0.368 e. The Morgan fingerprint density at radius 1 is 1.10 bits per heavy atom. The number of nitrogens with zero attached hydrogens (tertiary/aromatic N) is 3. The summed E-state index contributed by atoms with van der Waals surface area (Å²) in [7, 11) is -1.94. The Hall–Kier alpha value is -1.85. The number of guanidine groups is 1. The molecule has 0 spiro atoms. The number of halogens is 1. The molecule has 1 fully saturated rings. The lowest BCUT2D eigenvalue weighted by Crippen LogP contribution is -2.52. The van der Waals surface area contributed by atoms with E-state index in [1.165, 1.54) is 22.9 Å². The van der Waals surface area contributed by atoms with Gasteiger partial charge in [0.05, 0.1) is 4.90 Å². The fraction of sp³-hybridized carbons (Fsp3) is 0.381. The number of aryl methyl sites for hydroxylation is 1. The van der Waals surface area contributed by atoms with Gasteiger partial charge in [-0.15, -0.1) is 24.0 Å². The second kappa shape index (κ2) is 10.5. The molecular weight excluding hydrogens is 513 g/mol. The molecule has 1 saturated heterocycles. The number of hydrogen-bond donors (Lipinski definition) is 2. The number of piperazine rings is 1. The first kappa shape index (κ1) is 24.4. The zero-order chi connectivity index (χ0) is 21.0. The lowest BCUT2D eigenvalue weighted by Gasteiger charge is -2.38. The van der Waals surface area contributed by atoms with E-state index in [2.05, 4.69) is 52.2 Å². The van der Waals surface area contributed by atoms with Crippen molar-refractivity contribution >= 4 is 45.6 Å². The quantitative estimate of drug-likeness (QED) is 0.352. The van der Waals surface area contributed by atoms with Crippen molar-refractivity contribution in [1.82, 2.24) is 10.2 Å². The van der Waals surface area contributed by atoms with Crippen molar-refractivity contribution < 1.29 is 8.42 Å². The van der Waals surface area contributed by atoms with E-state index < -0.39 is 10.0 Å². The zero-order valence-corrected chi connectivity index (χ0v) is 20.8. The van der Waals surface area contributed by atoms with Crippen LogP contribution in [0.1, 0.15) is 16.7 Å². The number of primary sulfonamides is 1. The smallest absolute Gasteiger partial charge is 0.238 e. The topological polar surface area (TPSA) is 91.0 Å². The van der Waals surface area contributed by atoms with Gasteiger partial charge in [0, 0.05) is 45.5 Å². The summed E-state index contributed by atoms with van der Waals surface area (Å²) in [5, 5.41) is 8.55. The summed E-state index contributed by atoms with van der Waals surface area (Å²) in [5.74, 6) is 0.812. The Bertz CT molecular complexity index is 1000. The maximum Gasteiger partial charge on any atom is 0.238 e. The molecule has 1 aliphatic rings. The summed E-state index contributed by atoms with van der Waals surface area (Å²) < 4.78 is 23.1. The second-order valence-electron chi connectivity index (χ2n) is 7.29. The minimum Gasteiger partial charge on any atom is -0.368 e. The van der Waals surface area contributed by atoms with Crippen LogP contribution in [0.3, 0.4) is 0 Å². The summed E-state index contributed by atoms with van der Waals surface area (Å²) in [6.07, 6.45) is 0. The van der Waals surface area contributed by atoms with Gasteiger partial charge in [0.15, 0.2) is 5.96 Å². The van der Waals surface area contributed by atoms with Gasteiger partial charge in [-0.3, -0.25) is 4.99 Å². The minimum absolute atomic E-state index is 0. The molecule has 3 N–H and O–H groups in total. The lowest BCUT2D eigenvalue weighted by atomic mass is 10.1. The Morgan fingerprint density at radius 2 is 1.77 bits per heavy atom. The van der Waals surface area contributed by atoms with E-state index in [9.17, 15) is 8.42 Å². The lowest BCUT2D eigenvalue weighted by molar-refractivity contribution is 0.372. The van der Waals surface area contributed by atoms with Gasteiger partial charge in [0.1, 0.15) is 0 Å². The van der Waals surface area contributed by atoms with Gasteiger partial charge in [-0.05, 0) is 48.7 Å². The molecule has 0 saturated carbocycles. The van der Waals surface area contributed by atoms with Crippen LogP contribution in [0.4, 0.5) is 5.69 Å². The first-order valence-electron chi connectivity index (χ1n) is 9.68. The van der Waals surface area contributed by atoms with E-state index in [1.807, 2.05) is 6.07 Å². The molecule has 9 heteroatoms. The molecule has 2 aromatic carbocycles. The number of nitrogens with one attached hydrogen (secondary N) is 1. The van der Waals surface area contributed by atoms with E-state index >= 15 is 0 Å². The van der Waals surface area contributed by atoms with Gasteiger partial charge in [-0.1, -0.05) is 24.3 Å². The van der Waals surface area contributed by atoms with Crippen LogP contribution in [0.5, 0.6) is 0 Å². The molecule has 1 heterocycles. The van der Waals surface area contributed by atoms with Gasteiger partial charge in [0.2, 0.25) is 10.0 Å². The molecule has 164 valence electrons. The average Bonchev–Trinajstić information content (AvgIpc) is 2.71. The summed E-state index contributed by atoms with van der Waals surface area (Å²) >= 11 is 0. The Labute approximate surface area is 196 Å². The monoisotopic (exact) mass is 543 g/mol. The van der Waals surface area contributed by atoms with Gasteiger partial charge < -0.3 is 15.1 Å². The van der Waals surface area contributed by atoms with Crippen LogP contribution in [0, 0.1) is 13.8 Å². The van der Waals surface area contributed by atoms with Gasteiger partial charge in [-0.2, -0.15) is 0 Å². The molecule has 1 aliphatic heterocycles. The fourth-order valence-electron chi connectivity index (χ4n) is 3.58. The number of anilines is 1. The number of nitrogens with two attached hydrogens (primary N) is 1. The van der Waals surface area contributed by atoms with Crippen LogP contribution in [0.2, 0.25) is 0 Å². The molecule has 0 radical (unpaired) electrons. The third-order valence-electron chi connectivity index (χ3n) is 5.39. The SMILES string of the molecule is CN=C(NCc1cccc(S(N)(=O)=O)c1)N1CCN(c2cccc(C)c2C)CC1.I. The predicted molar refractivity (Wildman–Crippen MR) is 133 cm³/mol. The van der Waals surface area contributed by atoms with Crippen molar-refractivity contribution in [2.24, 2.45) is 10.1 Å². The Morgan fingerprint density at radius 3 is 2.40 bits per heavy atom. The van der Waals surface area contributed by atoms with Crippen molar-refractivity contribution in [3.63, 3.8) is 0 Å². The molecular formula is C21H30IN5O2S. The van der Waals surface area contributed by atoms with Crippen molar-refractivity contribution in [1.29, 1.82) is 0 Å². The van der Waals surface area contributed by atoms with Crippen LogP contribution in [-0.2, 0) is 16.6 Å². The van der Waals surface area contributed by atoms with Crippen LogP contribution in [0.25, 0.3) is 0 Å². The van der Waals surface area contributed by atoms with Crippen LogP contribution < -0.4 is 15.4 Å². The van der Waals surface area contributed by atoms with Crippen molar-refractivity contribution in [3.05, 3.63) is 59.2 Å².